The fourth-order valence-electron chi connectivity index (χ4n) is 2.88. The average Bonchev–Trinajstić information content (AvgIpc) is 2.81. The molecule has 0 aliphatic rings. The first kappa shape index (κ1) is 23.4. The number of nitriles is 1. The van der Waals surface area contributed by atoms with E-state index in [2.05, 4.69) is 5.32 Å². The van der Waals surface area contributed by atoms with Crippen LogP contribution >= 0.6 is 11.6 Å². The Bertz CT molecular complexity index is 1250. The molecule has 7 nitrogen and oxygen atoms in total. The van der Waals surface area contributed by atoms with Gasteiger partial charge in [0.25, 0.3) is 5.91 Å². The number of anilines is 1. The first-order valence-electron chi connectivity index (χ1n) is 9.71. The topological polar surface area (TPSA) is 109 Å². The minimum atomic E-state index is -0.995. The Morgan fingerprint density at radius 3 is 2.48 bits per heavy atom. The van der Waals surface area contributed by atoms with Gasteiger partial charge in [0.05, 0.1) is 12.7 Å². The molecule has 0 radical (unpaired) electrons. The molecular weight excluding hydrogens is 444 g/mol. The molecule has 0 saturated carbocycles. The van der Waals surface area contributed by atoms with Crippen LogP contribution in [-0.2, 0) is 11.4 Å². The van der Waals surface area contributed by atoms with Gasteiger partial charge in [-0.2, -0.15) is 5.26 Å². The summed E-state index contributed by atoms with van der Waals surface area (Å²) >= 11 is 5.92. The summed E-state index contributed by atoms with van der Waals surface area (Å²) in [5, 5.41) is 21.5. The van der Waals surface area contributed by atoms with E-state index in [0.717, 1.165) is 5.56 Å². The molecule has 8 heteroatoms. The number of halogens is 1. The van der Waals surface area contributed by atoms with Crippen LogP contribution in [0.5, 0.6) is 11.5 Å². The summed E-state index contributed by atoms with van der Waals surface area (Å²) < 4.78 is 11.2. The maximum absolute atomic E-state index is 12.5. The highest BCUT2D eigenvalue weighted by Crippen LogP contribution is 2.30. The van der Waals surface area contributed by atoms with Crippen molar-refractivity contribution in [3.8, 4) is 17.6 Å². The molecule has 3 aromatic rings. The lowest BCUT2D eigenvalue weighted by atomic mass is 10.1. The molecule has 0 bridgehead atoms. The summed E-state index contributed by atoms with van der Waals surface area (Å²) in [6.07, 6.45) is 1.44. The summed E-state index contributed by atoms with van der Waals surface area (Å²) in [5.74, 6) is -0.688. The number of nitrogens with one attached hydrogen (secondary N) is 1. The predicted octanol–water partition coefficient (Wildman–Crippen LogP) is 5.17. The number of aromatic carboxylic acids is 1. The zero-order valence-electron chi connectivity index (χ0n) is 17.5. The number of carbonyl (C=O) groups is 2. The third kappa shape index (κ3) is 6.35. The van der Waals surface area contributed by atoms with Gasteiger partial charge in [-0.25, -0.2) is 4.79 Å². The summed E-state index contributed by atoms with van der Waals surface area (Å²) in [7, 11) is 1.48. The lowest BCUT2D eigenvalue weighted by molar-refractivity contribution is -0.112. The molecule has 0 unspecified atom stereocenters. The Kier molecular flexibility index (Phi) is 7.68. The van der Waals surface area contributed by atoms with E-state index in [4.69, 9.17) is 26.2 Å². The highest BCUT2D eigenvalue weighted by Gasteiger charge is 2.12. The normalized spacial score (nSPS) is 10.8. The standard InChI is InChI=1S/C25H19ClN2O5/c1-32-23-12-17(11-19(14-27)24(29)28-21-4-2-3-20(26)13-21)7-10-22(23)33-15-16-5-8-18(9-6-16)25(30)31/h2-13H,15H2,1H3,(H,28,29)(H,30,31)/b19-11+. The zero-order valence-corrected chi connectivity index (χ0v) is 18.3. The van der Waals surface area contributed by atoms with E-state index in [9.17, 15) is 14.9 Å². The van der Waals surface area contributed by atoms with Crippen molar-refractivity contribution in [2.24, 2.45) is 0 Å². The predicted molar refractivity (Wildman–Crippen MR) is 124 cm³/mol. The number of carbonyl (C=O) groups excluding carboxylic acids is 1. The molecule has 3 aromatic carbocycles. The first-order chi connectivity index (χ1) is 15.9. The number of methoxy groups -OCH3 is 1. The van der Waals surface area contributed by atoms with Gasteiger partial charge in [-0.3, -0.25) is 4.79 Å². The van der Waals surface area contributed by atoms with Gasteiger partial charge in [0.15, 0.2) is 11.5 Å². The molecule has 166 valence electrons. The monoisotopic (exact) mass is 462 g/mol. The number of hydrogen-bond donors (Lipinski definition) is 2. The Balaban J connectivity index is 1.73. The summed E-state index contributed by atoms with van der Waals surface area (Å²) in [5.41, 5.74) is 1.94. The van der Waals surface area contributed by atoms with Crippen LogP contribution in [0.4, 0.5) is 5.69 Å². The molecule has 0 aromatic heterocycles. The largest absolute Gasteiger partial charge is 0.493 e. The van der Waals surface area contributed by atoms with Crippen molar-refractivity contribution in [1.82, 2.24) is 0 Å². The summed E-state index contributed by atoms with van der Waals surface area (Å²) in [4.78, 5) is 23.4. The van der Waals surface area contributed by atoms with Crippen LogP contribution in [0.15, 0.2) is 72.3 Å². The Hall–Kier alpha value is -4.28. The van der Waals surface area contributed by atoms with E-state index < -0.39 is 11.9 Å². The molecule has 33 heavy (non-hydrogen) atoms. The molecule has 3 rings (SSSR count). The van der Waals surface area contributed by atoms with Gasteiger partial charge in [0, 0.05) is 10.7 Å². The lowest BCUT2D eigenvalue weighted by Gasteiger charge is -2.12. The van der Waals surface area contributed by atoms with Crippen LogP contribution in [0.2, 0.25) is 5.02 Å². The second-order valence-corrected chi connectivity index (χ2v) is 7.27. The average molecular weight is 463 g/mol. The van der Waals surface area contributed by atoms with Gasteiger partial charge in [-0.05, 0) is 59.7 Å². The lowest BCUT2D eigenvalue weighted by Crippen LogP contribution is -2.13. The molecule has 0 heterocycles. The number of nitrogens with zero attached hydrogens (tertiary/aromatic N) is 1. The minimum Gasteiger partial charge on any atom is -0.493 e. The van der Waals surface area contributed by atoms with Crippen molar-refractivity contribution in [3.05, 3.63) is 94.0 Å². The Labute approximate surface area is 195 Å². The van der Waals surface area contributed by atoms with E-state index >= 15 is 0 Å². The first-order valence-corrected chi connectivity index (χ1v) is 10.1. The van der Waals surface area contributed by atoms with Crippen molar-refractivity contribution in [1.29, 1.82) is 5.26 Å². The van der Waals surface area contributed by atoms with E-state index in [0.29, 0.717) is 27.8 Å². The summed E-state index contributed by atoms with van der Waals surface area (Å²) in [6, 6.07) is 19.9. The molecule has 1 amide bonds. The fraction of sp³-hybridized carbons (Fsp3) is 0.0800. The number of amides is 1. The SMILES string of the molecule is COc1cc(/C=C(\C#N)C(=O)Nc2cccc(Cl)c2)ccc1OCc1ccc(C(=O)O)cc1. The van der Waals surface area contributed by atoms with E-state index in [1.807, 2.05) is 6.07 Å². The summed E-state index contributed by atoms with van der Waals surface area (Å²) in [6.45, 7) is 0.205. The molecule has 0 spiro atoms. The van der Waals surface area contributed by atoms with Crippen molar-refractivity contribution >= 4 is 35.2 Å². The van der Waals surface area contributed by atoms with Crippen molar-refractivity contribution in [2.45, 2.75) is 6.61 Å². The van der Waals surface area contributed by atoms with Gasteiger partial charge in [-0.1, -0.05) is 35.9 Å². The smallest absolute Gasteiger partial charge is 0.335 e. The second-order valence-electron chi connectivity index (χ2n) is 6.84. The van der Waals surface area contributed by atoms with Crippen LogP contribution in [0.1, 0.15) is 21.5 Å². The van der Waals surface area contributed by atoms with E-state index in [1.54, 1.807) is 54.6 Å². The molecule has 0 fully saturated rings. The minimum absolute atomic E-state index is 0.0933. The molecular formula is C25H19ClN2O5. The number of carboxylic acid groups (broad SMARTS) is 1. The molecule has 0 aliphatic heterocycles. The Morgan fingerprint density at radius 2 is 1.85 bits per heavy atom. The Morgan fingerprint density at radius 1 is 1.09 bits per heavy atom. The van der Waals surface area contributed by atoms with Gasteiger partial charge in [-0.15, -0.1) is 0 Å². The number of ether oxygens (including phenoxy) is 2. The van der Waals surface area contributed by atoms with Crippen LogP contribution in [0, 0.1) is 11.3 Å². The highest BCUT2D eigenvalue weighted by atomic mass is 35.5. The molecule has 0 aliphatic carbocycles. The van der Waals surface area contributed by atoms with E-state index in [-0.39, 0.29) is 17.7 Å². The highest BCUT2D eigenvalue weighted by molar-refractivity contribution is 6.31. The fourth-order valence-corrected chi connectivity index (χ4v) is 3.07. The third-order valence-electron chi connectivity index (χ3n) is 4.54. The van der Waals surface area contributed by atoms with Crippen molar-refractivity contribution in [2.75, 3.05) is 12.4 Å². The van der Waals surface area contributed by atoms with Gasteiger partial charge in [0.2, 0.25) is 0 Å². The number of hydrogen-bond acceptors (Lipinski definition) is 5. The molecule has 0 atom stereocenters. The molecule has 2 N–H and O–H groups in total. The number of benzene rings is 3. The van der Waals surface area contributed by atoms with Gasteiger partial charge >= 0.3 is 5.97 Å². The maximum Gasteiger partial charge on any atom is 0.335 e. The molecule has 0 saturated heterocycles. The maximum atomic E-state index is 12.5. The van der Waals surface area contributed by atoms with Crippen molar-refractivity contribution in [3.63, 3.8) is 0 Å². The van der Waals surface area contributed by atoms with Gasteiger partial charge < -0.3 is 19.9 Å². The number of carboxylic acids is 1. The quantitative estimate of drug-likeness (QED) is 0.353. The van der Waals surface area contributed by atoms with E-state index in [1.165, 1.54) is 25.3 Å². The van der Waals surface area contributed by atoms with Gasteiger partial charge in [0.1, 0.15) is 18.2 Å². The van der Waals surface area contributed by atoms with Crippen LogP contribution in [0.25, 0.3) is 6.08 Å². The third-order valence-corrected chi connectivity index (χ3v) is 4.78. The van der Waals surface area contributed by atoms with Crippen molar-refractivity contribution < 1.29 is 24.2 Å². The zero-order chi connectivity index (χ0) is 23.8. The number of rotatable bonds is 8. The van der Waals surface area contributed by atoms with Crippen LogP contribution < -0.4 is 14.8 Å². The van der Waals surface area contributed by atoms with Crippen LogP contribution in [-0.4, -0.2) is 24.1 Å². The second kappa shape index (κ2) is 10.8. The van der Waals surface area contributed by atoms with Crippen LogP contribution in [0.3, 0.4) is 0 Å².